The Hall–Kier alpha value is -0.110. The van der Waals surface area contributed by atoms with Crippen LogP contribution in [0.2, 0.25) is 0 Å². The number of hydrogen-bond acceptors (Lipinski definition) is 1. The highest BCUT2D eigenvalue weighted by Gasteiger charge is 2.00. The van der Waals surface area contributed by atoms with E-state index in [0.717, 1.165) is 5.92 Å². The molecule has 0 heterocycles. The molecule has 0 aliphatic rings. The fourth-order valence-corrected chi connectivity index (χ4v) is 1.12. The molecule has 0 aromatic heterocycles. The minimum Gasteiger partial charge on any atom is -0.380 e. The lowest BCUT2D eigenvalue weighted by atomic mass is 10.1. The predicted molar refractivity (Wildman–Crippen MR) is 45.7 cm³/mol. The molecule has 54 valence electrons. The SMILES string of the molecule is CC(C)CC(C)NC=S. The van der Waals surface area contributed by atoms with E-state index in [4.69, 9.17) is 0 Å². The van der Waals surface area contributed by atoms with Gasteiger partial charge in [-0.2, -0.15) is 0 Å². The van der Waals surface area contributed by atoms with Crippen LogP contribution in [0.15, 0.2) is 0 Å². The first kappa shape index (κ1) is 8.89. The van der Waals surface area contributed by atoms with E-state index in [0.29, 0.717) is 6.04 Å². The maximum absolute atomic E-state index is 4.64. The molecule has 0 spiro atoms. The zero-order valence-electron chi connectivity index (χ0n) is 6.35. The summed E-state index contributed by atoms with van der Waals surface area (Å²) in [6.07, 6.45) is 1.19. The second-order valence-corrected chi connectivity index (χ2v) is 3.05. The Balaban J connectivity index is 3.25. The number of thiocarbonyl (C=S) groups is 1. The molecular weight excluding hydrogens is 130 g/mol. The summed E-state index contributed by atoms with van der Waals surface area (Å²) in [5.41, 5.74) is 1.59. The molecule has 9 heavy (non-hydrogen) atoms. The monoisotopic (exact) mass is 145 g/mol. The Morgan fingerprint density at radius 3 is 2.33 bits per heavy atom. The molecular formula is C7H15NS. The lowest BCUT2D eigenvalue weighted by molar-refractivity contribution is 0.495. The van der Waals surface area contributed by atoms with Gasteiger partial charge >= 0.3 is 0 Å². The first-order valence-corrected chi connectivity index (χ1v) is 3.83. The van der Waals surface area contributed by atoms with E-state index < -0.39 is 0 Å². The van der Waals surface area contributed by atoms with Gasteiger partial charge in [0.15, 0.2) is 0 Å². The number of hydrogen-bond donors (Lipinski definition) is 1. The Bertz CT molecular complexity index is 81.0. The van der Waals surface area contributed by atoms with Crippen LogP contribution in [0.4, 0.5) is 0 Å². The zero-order valence-corrected chi connectivity index (χ0v) is 7.16. The number of nitrogens with one attached hydrogen (secondary N) is 1. The van der Waals surface area contributed by atoms with Crippen molar-refractivity contribution in [2.75, 3.05) is 0 Å². The van der Waals surface area contributed by atoms with Gasteiger partial charge in [-0.15, -0.1) is 0 Å². The summed E-state index contributed by atoms with van der Waals surface area (Å²) >= 11 is 4.64. The van der Waals surface area contributed by atoms with E-state index in [9.17, 15) is 0 Å². The van der Waals surface area contributed by atoms with Gasteiger partial charge in [0.05, 0.1) is 5.49 Å². The second-order valence-electron chi connectivity index (χ2n) is 2.82. The van der Waals surface area contributed by atoms with Gasteiger partial charge in [-0.3, -0.25) is 0 Å². The van der Waals surface area contributed by atoms with E-state index in [-0.39, 0.29) is 0 Å². The van der Waals surface area contributed by atoms with Crippen molar-refractivity contribution in [3.8, 4) is 0 Å². The fraction of sp³-hybridized carbons (Fsp3) is 0.857. The van der Waals surface area contributed by atoms with Gasteiger partial charge in [-0.1, -0.05) is 26.1 Å². The molecule has 0 radical (unpaired) electrons. The molecule has 0 rings (SSSR count). The summed E-state index contributed by atoms with van der Waals surface area (Å²) in [5.74, 6) is 0.752. The quantitative estimate of drug-likeness (QED) is 0.607. The summed E-state index contributed by atoms with van der Waals surface area (Å²) in [6, 6.07) is 0.530. The molecule has 1 N–H and O–H groups in total. The van der Waals surface area contributed by atoms with Crippen LogP contribution in [0, 0.1) is 5.92 Å². The van der Waals surface area contributed by atoms with E-state index >= 15 is 0 Å². The molecule has 0 aliphatic carbocycles. The number of rotatable bonds is 4. The van der Waals surface area contributed by atoms with Crippen LogP contribution < -0.4 is 5.32 Å². The van der Waals surface area contributed by atoms with Crippen molar-refractivity contribution in [2.24, 2.45) is 5.92 Å². The van der Waals surface area contributed by atoms with Gasteiger partial charge in [0, 0.05) is 6.04 Å². The summed E-state index contributed by atoms with van der Waals surface area (Å²) in [7, 11) is 0. The highest BCUT2D eigenvalue weighted by molar-refractivity contribution is 7.78. The molecule has 0 saturated carbocycles. The molecule has 1 unspecified atom stereocenters. The molecule has 0 bridgehead atoms. The highest BCUT2D eigenvalue weighted by Crippen LogP contribution is 2.02. The van der Waals surface area contributed by atoms with Crippen LogP contribution in [-0.2, 0) is 0 Å². The van der Waals surface area contributed by atoms with Crippen LogP contribution in [0.3, 0.4) is 0 Å². The third kappa shape index (κ3) is 5.77. The van der Waals surface area contributed by atoms with E-state index in [1.165, 1.54) is 6.42 Å². The standard InChI is InChI=1S/C7H15NS/c1-6(2)4-7(3)8-5-9/h5-7H,4H2,1-3H3,(H,8,9). The van der Waals surface area contributed by atoms with E-state index in [1.807, 2.05) is 0 Å². The molecule has 1 atom stereocenters. The Morgan fingerprint density at radius 2 is 2.00 bits per heavy atom. The van der Waals surface area contributed by atoms with E-state index in [1.54, 1.807) is 5.49 Å². The van der Waals surface area contributed by atoms with Gasteiger partial charge in [-0.05, 0) is 19.3 Å². The maximum Gasteiger partial charge on any atom is 0.0616 e. The van der Waals surface area contributed by atoms with Crippen LogP contribution in [0.5, 0.6) is 0 Å². The first-order chi connectivity index (χ1) is 4.16. The van der Waals surface area contributed by atoms with Gasteiger partial charge < -0.3 is 5.32 Å². The van der Waals surface area contributed by atoms with Crippen LogP contribution in [0.1, 0.15) is 27.2 Å². The summed E-state index contributed by atoms with van der Waals surface area (Å²) < 4.78 is 0. The van der Waals surface area contributed by atoms with Crippen molar-refractivity contribution in [1.29, 1.82) is 0 Å². The zero-order chi connectivity index (χ0) is 7.28. The lowest BCUT2D eigenvalue weighted by Crippen LogP contribution is -2.24. The molecule has 0 aliphatic heterocycles. The van der Waals surface area contributed by atoms with Crippen molar-refractivity contribution >= 4 is 17.7 Å². The second kappa shape index (κ2) is 4.74. The smallest absolute Gasteiger partial charge is 0.0616 e. The summed E-state index contributed by atoms with van der Waals surface area (Å²) in [5, 5.41) is 3.07. The molecule has 2 heteroatoms. The first-order valence-electron chi connectivity index (χ1n) is 3.36. The molecule has 0 aromatic carbocycles. The molecule has 0 amide bonds. The Morgan fingerprint density at radius 1 is 1.44 bits per heavy atom. The van der Waals surface area contributed by atoms with Crippen molar-refractivity contribution < 1.29 is 0 Å². The maximum atomic E-state index is 4.64. The van der Waals surface area contributed by atoms with Crippen molar-refractivity contribution in [3.05, 3.63) is 0 Å². The third-order valence-corrected chi connectivity index (χ3v) is 1.31. The third-order valence-electron chi connectivity index (χ3n) is 1.18. The molecule has 0 saturated heterocycles. The fourth-order valence-electron chi connectivity index (χ4n) is 0.891. The summed E-state index contributed by atoms with van der Waals surface area (Å²) in [4.78, 5) is 0. The lowest BCUT2D eigenvalue weighted by Gasteiger charge is -2.12. The minimum absolute atomic E-state index is 0.530. The highest BCUT2D eigenvalue weighted by atomic mass is 32.1. The average Bonchev–Trinajstić information content (AvgIpc) is 1.63. The van der Waals surface area contributed by atoms with Crippen molar-refractivity contribution in [3.63, 3.8) is 0 Å². The average molecular weight is 145 g/mol. The normalized spacial score (nSPS) is 13.3. The van der Waals surface area contributed by atoms with Crippen LogP contribution >= 0.6 is 12.2 Å². The van der Waals surface area contributed by atoms with Crippen LogP contribution in [0.25, 0.3) is 0 Å². The van der Waals surface area contributed by atoms with E-state index in [2.05, 4.69) is 38.3 Å². The largest absolute Gasteiger partial charge is 0.380 e. The van der Waals surface area contributed by atoms with Gasteiger partial charge in [0.2, 0.25) is 0 Å². The van der Waals surface area contributed by atoms with Gasteiger partial charge in [0.1, 0.15) is 0 Å². The topological polar surface area (TPSA) is 12.0 Å². The minimum atomic E-state index is 0.530. The molecule has 0 aromatic rings. The summed E-state index contributed by atoms with van der Waals surface area (Å²) in [6.45, 7) is 6.56. The molecule has 1 nitrogen and oxygen atoms in total. The predicted octanol–water partition coefficient (Wildman–Crippen LogP) is 1.97. The van der Waals surface area contributed by atoms with Gasteiger partial charge in [-0.25, -0.2) is 0 Å². The van der Waals surface area contributed by atoms with Crippen LogP contribution in [-0.4, -0.2) is 11.5 Å². The van der Waals surface area contributed by atoms with Crippen molar-refractivity contribution in [2.45, 2.75) is 33.2 Å². The molecule has 0 fully saturated rings. The van der Waals surface area contributed by atoms with Gasteiger partial charge in [0.25, 0.3) is 0 Å². The Labute approximate surface area is 62.8 Å². The Kier molecular flexibility index (Phi) is 4.68. The van der Waals surface area contributed by atoms with Crippen molar-refractivity contribution in [1.82, 2.24) is 5.32 Å².